The Morgan fingerprint density at radius 2 is 1.38 bits per heavy atom. The molecule has 0 saturated heterocycles. The highest BCUT2D eigenvalue weighted by Crippen LogP contribution is 2.30. The van der Waals surface area contributed by atoms with Crippen LogP contribution < -0.4 is 21.3 Å². The number of nitrogens with zero attached hydrogens (tertiary/aromatic N) is 1. The summed E-state index contributed by atoms with van der Waals surface area (Å²) in [5.74, 6) is -1.86. The maximum atomic E-state index is 12.3. The molecule has 12 heteroatoms. The van der Waals surface area contributed by atoms with E-state index in [9.17, 15) is 30.0 Å². The lowest BCUT2D eigenvalue weighted by molar-refractivity contribution is -0.122. The van der Waals surface area contributed by atoms with E-state index in [-0.39, 0.29) is 46.8 Å². The number of unbranched alkanes of at least 4 members (excludes halogenated alkanes) is 2. The highest BCUT2D eigenvalue weighted by molar-refractivity contribution is 6.01. The van der Waals surface area contributed by atoms with Crippen LogP contribution in [0.2, 0.25) is 0 Å². The fraction of sp³-hybridized carbons (Fsp3) is 0.444. The first kappa shape index (κ1) is 29.5. The number of amides is 2. The molecular formula is C27H37N5O7. The second-order valence-electron chi connectivity index (χ2n) is 9.07. The first-order chi connectivity index (χ1) is 18.9. The number of carbonyl (C=O) groups excluding carboxylic acids is 2. The number of hydrogen-bond donors (Lipinski definition) is 8. The van der Waals surface area contributed by atoms with E-state index in [2.05, 4.69) is 26.3 Å². The van der Waals surface area contributed by atoms with Crippen molar-refractivity contribution in [1.82, 2.24) is 21.3 Å². The van der Waals surface area contributed by atoms with Crippen LogP contribution in [0, 0.1) is 0 Å². The fourth-order valence-corrected chi connectivity index (χ4v) is 3.89. The van der Waals surface area contributed by atoms with Crippen LogP contribution in [0.5, 0.6) is 23.0 Å². The molecule has 0 saturated carbocycles. The number of phenols is 4. The lowest BCUT2D eigenvalue weighted by Crippen LogP contribution is -2.38. The molecule has 0 aliphatic carbocycles. The minimum absolute atomic E-state index is 0.0589. The Hall–Kier alpha value is -4.03. The molecule has 2 amide bonds. The Labute approximate surface area is 227 Å². The Morgan fingerprint density at radius 3 is 2.10 bits per heavy atom. The molecule has 0 fully saturated rings. The molecule has 8 N–H and O–H groups in total. The van der Waals surface area contributed by atoms with Crippen LogP contribution in [0.4, 0.5) is 0 Å². The standard InChI is InChI=1S/C27H37N5O7/c33-21-9-5-7-18(23(21)35)25(37)30-14-4-3-12-28-11-1-2-13-29-15-16-31-26(38)20-17-39-27(32-20)19-8-6-10-22(34)24(19)36/h5-10,20,28-29,33-36H,1-4,11-17H2,(H,30,37)(H,31,38)/t20-/m0/s1. The van der Waals surface area contributed by atoms with E-state index in [1.54, 1.807) is 12.1 Å². The van der Waals surface area contributed by atoms with Gasteiger partial charge in [0.15, 0.2) is 29.0 Å². The average Bonchev–Trinajstić information content (AvgIpc) is 3.42. The van der Waals surface area contributed by atoms with Crippen molar-refractivity contribution in [1.29, 1.82) is 0 Å². The van der Waals surface area contributed by atoms with E-state index in [1.807, 2.05) is 0 Å². The highest BCUT2D eigenvalue weighted by atomic mass is 16.5. The topological polar surface area (TPSA) is 185 Å². The van der Waals surface area contributed by atoms with E-state index in [4.69, 9.17) is 4.74 Å². The maximum absolute atomic E-state index is 12.3. The van der Waals surface area contributed by atoms with Gasteiger partial charge in [-0.2, -0.15) is 0 Å². The van der Waals surface area contributed by atoms with E-state index in [0.717, 1.165) is 45.3 Å². The third kappa shape index (κ3) is 9.04. The predicted octanol–water partition coefficient (Wildman–Crippen LogP) is 0.940. The van der Waals surface area contributed by atoms with Gasteiger partial charge in [0.25, 0.3) is 5.91 Å². The number of benzene rings is 2. The average molecular weight is 544 g/mol. The minimum Gasteiger partial charge on any atom is -0.504 e. The molecule has 0 spiro atoms. The molecule has 0 bridgehead atoms. The summed E-state index contributed by atoms with van der Waals surface area (Å²) >= 11 is 0. The smallest absolute Gasteiger partial charge is 0.255 e. The van der Waals surface area contributed by atoms with Crippen LogP contribution in [-0.4, -0.2) is 90.1 Å². The van der Waals surface area contributed by atoms with Crippen LogP contribution in [0.3, 0.4) is 0 Å². The number of carbonyl (C=O) groups is 2. The molecule has 12 nitrogen and oxygen atoms in total. The van der Waals surface area contributed by atoms with E-state index < -0.39 is 17.7 Å². The predicted molar refractivity (Wildman–Crippen MR) is 145 cm³/mol. The lowest BCUT2D eigenvalue weighted by Gasteiger charge is -2.09. The minimum atomic E-state index is -0.698. The summed E-state index contributed by atoms with van der Waals surface area (Å²) in [5.41, 5.74) is 0.307. The van der Waals surface area contributed by atoms with Crippen molar-refractivity contribution in [2.75, 3.05) is 45.9 Å². The Bertz CT molecular complexity index is 1140. The number of aliphatic imine (C=N–C) groups is 1. The number of aromatic hydroxyl groups is 4. The number of para-hydroxylation sites is 2. The van der Waals surface area contributed by atoms with E-state index >= 15 is 0 Å². The van der Waals surface area contributed by atoms with Crippen molar-refractivity contribution in [3.63, 3.8) is 0 Å². The molecule has 1 heterocycles. The molecule has 2 aromatic carbocycles. The fourth-order valence-electron chi connectivity index (χ4n) is 3.89. The third-order valence-corrected chi connectivity index (χ3v) is 6.08. The van der Waals surface area contributed by atoms with Gasteiger partial charge in [-0.25, -0.2) is 4.99 Å². The lowest BCUT2D eigenvalue weighted by atomic mass is 10.1. The summed E-state index contributed by atoms with van der Waals surface area (Å²) in [6.07, 6.45) is 3.69. The second-order valence-corrected chi connectivity index (χ2v) is 9.07. The van der Waals surface area contributed by atoms with Crippen molar-refractivity contribution < 1.29 is 34.8 Å². The van der Waals surface area contributed by atoms with Crippen molar-refractivity contribution in [3.8, 4) is 23.0 Å². The zero-order valence-electron chi connectivity index (χ0n) is 21.8. The van der Waals surface area contributed by atoms with Gasteiger partial charge in [0.2, 0.25) is 11.8 Å². The van der Waals surface area contributed by atoms with Gasteiger partial charge in [-0.1, -0.05) is 12.1 Å². The maximum Gasteiger partial charge on any atom is 0.255 e. The normalized spacial score (nSPS) is 14.5. The largest absolute Gasteiger partial charge is 0.504 e. The summed E-state index contributed by atoms with van der Waals surface area (Å²) in [7, 11) is 0. The molecule has 1 aliphatic heterocycles. The van der Waals surface area contributed by atoms with E-state index in [1.165, 1.54) is 24.3 Å². The molecule has 0 aromatic heterocycles. The molecular weight excluding hydrogens is 506 g/mol. The summed E-state index contributed by atoms with van der Waals surface area (Å²) in [5, 5.41) is 50.9. The van der Waals surface area contributed by atoms with Crippen LogP contribution in [0.25, 0.3) is 0 Å². The van der Waals surface area contributed by atoms with Crippen molar-refractivity contribution >= 4 is 17.7 Å². The Kier molecular flexibility index (Phi) is 11.7. The summed E-state index contributed by atoms with van der Waals surface area (Å²) in [6, 6.07) is 8.06. The van der Waals surface area contributed by atoms with Gasteiger partial charge in [-0.3, -0.25) is 9.59 Å². The van der Waals surface area contributed by atoms with Crippen LogP contribution >= 0.6 is 0 Å². The number of rotatable bonds is 16. The molecule has 0 unspecified atom stereocenters. The Morgan fingerprint density at radius 1 is 0.769 bits per heavy atom. The summed E-state index contributed by atoms with van der Waals surface area (Å²) < 4.78 is 5.43. The highest BCUT2D eigenvalue weighted by Gasteiger charge is 2.28. The molecule has 2 aromatic rings. The molecule has 1 atom stereocenters. The third-order valence-electron chi connectivity index (χ3n) is 6.08. The number of hydrogen-bond acceptors (Lipinski definition) is 10. The molecule has 0 radical (unpaired) electrons. The first-order valence-corrected chi connectivity index (χ1v) is 13.1. The van der Waals surface area contributed by atoms with Crippen molar-refractivity contribution in [2.45, 2.75) is 31.7 Å². The molecule has 212 valence electrons. The molecule has 1 aliphatic rings. The Balaban J connectivity index is 1.14. The van der Waals surface area contributed by atoms with Gasteiger partial charge in [0.1, 0.15) is 6.61 Å². The van der Waals surface area contributed by atoms with Gasteiger partial charge < -0.3 is 46.4 Å². The monoisotopic (exact) mass is 543 g/mol. The quantitative estimate of drug-likeness (QED) is 0.113. The van der Waals surface area contributed by atoms with Crippen molar-refractivity contribution in [3.05, 3.63) is 47.5 Å². The zero-order valence-corrected chi connectivity index (χ0v) is 21.8. The van der Waals surface area contributed by atoms with Gasteiger partial charge in [0, 0.05) is 19.6 Å². The summed E-state index contributed by atoms with van der Waals surface area (Å²) in [6.45, 7) is 4.20. The van der Waals surface area contributed by atoms with Gasteiger partial charge in [-0.05, 0) is 69.6 Å². The number of phenolic OH excluding ortho intramolecular Hbond substituents is 4. The number of ether oxygens (including phenoxy) is 1. The first-order valence-electron chi connectivity index (χ1n) is 13.1. The zero-order chi connectivity index (χ0) is 28.0. The van der Waals surface area contributed by atoms with Crippen molar-refractivity contribution in [2.24, 2.45) is 4.99 Å². The second kappa shape index (κ2) is 15.4. The van der Waals surface area contributed by atoms with Crippen LogP contribution in [-0.2, 0) is 9.53 Å². The van der Waals surface area contributed by atoms with Gasteiger partial charge >= 0.3 is 0 Å². The SMILES string of the molecule is O=C(NCCCCNCCCCNCCNC(=O)[C@@H]1COC(c2cccc(O)c2O)=N1)c1cccc(O)c1O. The molecule has 3 rings (SSSR count). The number of nitrogens with one attached hydrogen (secondary N) is 4. The van der Waals surface area contributed by atoms with Gasteiger partial charge in [-0.15, -0.1) is 0 Å². The molecule has 39 heavy (non-hydrogen) atoms. The van der Waals surface area contributed by atoms with Crippen LogP contribution in [0.1, 0.15) is 41.6 Å². The summed E-state index contributed by atoms with van der Waals surface area (Å²) in [4.78, 5) is 28.6. The van der Waals surface area contributed by atoms with Crippen LogP contribution in [0.15, 0.2) is 41.4 Å². The van der Waals surface area contributed by atoms with Gasteiger partial charge in [0.05, 0.1) is 11.1 Å². The van der Waals surface area contributed by atoms with E-state index in [0.29, 0.717) is 19.6 Å².